The van der Waals surface area contributed by atoms with Crippen LogP contribution in [0.15, 0.2) is 4.99 Å². The average molecular weight is 408 g/mol. The van der Waals surface area contributed by atoms with Crippen LogP contribution in [-0.2, 0) is 4.79 Å². The third-order valence-corrected chi connectivity index (χ3v) is 3.91. The topological polar surface area (TPSA) is 65.5 Å². The molecule has 2 rings (SSSR count). The van der Waals surface area contributed by atoms with Crippen molar-refractivity contribution < 1.29 is 4.79 Å². The molecule has 21 heavy (non-hydrogen) atoms. The zero-order valence-corrected chi connectivity index (χ0v) is 15.3. The van der Waals surface area contributed by atoms with Gasteiger partial charge in [0, 0.05) is 32.1 Å². The van der Waals surface area contributed by atoms with Gasteiger partial charge in [-0.15, -0.1) is 24.0 Å². The molecule has 0 spiro atoms. The van der Waals surface area contributed by atoms with Crippen LogP contribution in [0.1, 0.15) is 51.9 Å². The molecule has 6 heteroatoms. The summed E-state index contributed by atoms with van der Waals surface area (Å²) in [4.78, 5) is 16.3. The molecular formula is C15H29IN4O. The molecule has 0 unspecified atom stereocenters. The van der Waals surface area contributed by atoms with Gasteiger partial charge in [-0.25, -0.2) is 0 Å². The van der Waals surface area contributed by atoms with Gasteiger partial charge in [-0.1, -0.05) is 12.8 Å². The molecule has 2 aliphatic rings. The summed E-state index contributed by atoms with van der Waals surface area (Å²) < 4.78 is 0. The van der Waals surface area contributed by atoms with Crippen molar-refractivity contribution in [1.82, 2.24) is 16.0 Å². The van der Waals surface area contributed by atoms with Gasteiger partial charge in [0.25, 0.3) is 0 Å². The lowest BCUT2D eigenvalue weighted by atomic mass is 10.2. The Labute approximate surface area is 145 Å². The van der Waals surface area contributed by atoms with E-state index in [1.54, 1.807) is 0 Å². The molecule has 0 atom stereocenters. The predicted octanol–water partition coefficient (Wildman–Crippen LogP) is 2.02. The quantitative estimate of drug-likeness (QED) is 0.343. The van der Waals surface area contributed by atoms with Crippen LogP contribution in [0.3, 0.4) is 0 Å². The van der Waals surface area contributed by atoms with Gasteiger partial charge in [-0.2, -0.15) is 0 Å². The molecule has 5 nitrogen and oxygen atoms in total. The SMILES string of the molecule is CCNC(=NCC1CC1)NCCC(=O)NC1CCCC1.I. The van der Waals surface area contributed by atoms with Crippen LogP contribution in [0.5, 0.6) is 0 Å². The highest BCUT2D eigenvalue weighted by molar-refractivity contribution is 14.0. The summed E-state index contributed by atoms with van der Waals surface area (Å²) in [7, 11) is 0. The Morgan fingerprint density at radius 3 is 2.48 bits per heavy atom. The molecule has 0 radical (unpaired) electrons. The zero-order chi connectivity index (χ0) is 14.2. The molecule has 0 saturated heterocycles. The maximum atomic E-state index is 11.8. The van der Waals surface area contributed by atoms with Crippen molar-refractivity contribution in [2.45, 2.75) is 57.9 Å². The molecule has 0 aromatic rings. The minimum Gasteiger partial charge on any atom is -0.357 e. The number of amides is 1. The summed E-state index contributed by atoms with van der Waals surface area (Å²) in [5.41, 5.74) is 0. The second kappa shape index (κ2) is 10.2. The van der Waals surface area contributed by atoms with Crippen molar-refractivity contribution in [2.75, 3.05) is 19.6 Å². The van der Waals surface area contributed by atoms with Gasteiger partial charge >= 0.3 is 0 Å². The van der Waals surface area contributed by atoms with E-state index in [-0.39, 0.29) is 29.9 Å². The molecule has 0 aliphatic heterocycles. The van der Waals surface area contributed by atoms with Crippen LogP contribution in [0.25, 0.3) is 0 Å². The van der Waals surface area contributed by atoms with Crippen LogP contribution < -0.4 is 16.0 Å². The lowest BCUT2D eigenvalue weighted by molar-refractivity contribution is -0.121. The third-order valence-electron chi connectivity index (χ3n) is 3.91. The van der Waals surface area contributed by atoms with Crippen molar-refractivity contribution in [3.05, 3.63) is 0 Å². The van der Waals surface area contributed by atoms with E-state index in [0.717, 1.165) is 37.8 Å². The molecule has 0 aromatic carbocycles. The summed E-state index contributed by atoms with van der Waals surface area (Å²) in [6, 6.07) is 0.416. The number of hydrogen-bond acceptors (Lipinski definition) is 2. The minimum atomic E-state index is 0. The molecule has 0 heterocycles. The monoisotopic (exact) mass is 408 g/mol. The van der Waals surface area contributed by atoms with E-state index in [9.17, 15) is 4.79 Å². The van der Waals surface area contributed by atoms with Gasteiger partial charge in [0.2, 0.25) is 5.91 Å². The normalized spacial score (nSPS) is 19.0. The van der Waals surface area contributed by atoms with Gasteiger partial charge in [-0.05, 0) is 38.5 Å². The second-order valence-corrected chi connectivity index (χ2v) is 5.89. The zero-order valence-electron chi connectivity index (χ0n) is 13.0. The number of nitrogens with zero attached hydrogens (tertiary/aromatic N) is 1. The predicted molar refractivity (Wildman–Crippen MR) is 97.1 cm³/mol. The number of rotatable bonds is 7. The summed E-state index contributed by atoms with van der Waals surface area (Å²) >= 11 is 0. The number of aliphatic imine (C=N–C) groups is 1. The van der Waals surface area contributed by atoms with Gasteiger partial charge < -0.3 is 16.0 Å². The van der Waals surface area contributed by atoms with E-state index in [1.807, 2.05) is 0 Å². The number of halogens is 1. The fourth-order valence-corrected chi connectivity index (χ4v) is 2.53. The van der Waals surface area contributed by atoms with Crippen LogP contribution in [0.2, 0.25) is 0 Å². The van der Waals surface area contributed by atoms with E-state index in [0.29, 0.717) is 19.0 Å². The molecule has 2 aliphatic carbocycles. The number of nitrogens with one attached hydrogen (secondary N) is 3. The van der Waals surface area contributed by atoms with Crippen LogP contribution in [-0.4, -0.2) is 37.5 Å². The maximum Gasteiger partial charge on any atom is 0.221 e. The number of guanidine groups is 1. The largest absolute Gasteiger partial charge is 0.357 e. The first-order chi connectivity index (χ1) is 9.78. The summed E-state index contributed by atoms with van der Waals surface area (Å²) in [6.07, 6.45) is 7.93. The van der Waals surface area contributed by atoms with Crippen LogP contribution >= 0.6 is 24.0 Å². The average Bonchev–Trinajstić information content (AvgIpc) is 3.12. The molecular weight excluding hydrogens is 379 g/mol. The van der Waals surface area contributed by atoms with Gasteiger partial charge in [0.1, 0.15) is 0 Å². The Balaban J connectivity index is 0.00000220. The van der Waals surface area contributed by atoms with Crippen molar-refractivity contribution >= 4 is 35.8 Å². The maximum absolute atomic E-state index is 11.8. The second-order valence-electron chi connectivity index (χ2n) is 5.89. The first-order valence-corrected chi connectivity index (χ1v) is 8.09. The Hall–Kier alpha value is -0.530. The van der Waals surface area contributed by atoms with Crippen molar-refractivity contribution in [3.63, 3.8) is 0 Å². The number of carbonyl (C=O) groups is 1. The molecule has 122 valence electrons. The van der Waals surface area contributed by atoms with Gasteiger partial charge in [-0.3, -0.25) is 9.79 Å². The highest BCUT2D eigenvalue weighted by Crippen LogP contribution is 2.28. The molecule has 1 amide bonds. The Morgan fingerprint density at radius 1 is 1.14 bits per heavy atom. The van der Waals surface area contributed by atoms with E-state index < -0.39 is 0 Å². The Morgan fingerprint density at radius 2 is 1.86 bits per heavy atom. The standard InChI is InChI=1S/C15H28N4O.HI/c1-2-16-15(18-11-12-7-8-12)17-10-9-14(20)19-13-5-3-4-6-13;/h12-13H,2-11H2,1H3,(H,19,20)(H2,16,17,18);1H. The van der Waals surface area contributed by atoms with E-state index >= 15 is 0 Å². The van der Waals surface area contributed by atoms with E-state index in [4.69, 9.17) is 0 Å². The highest BCUT2D eigenvalue weighted by atomic mass is 127. The highest BCUT2D eigenvalue weighted by Gasteiger charge is 2.20. The van der Waals surface area contributed by atoms with Crippen LogP contribution in [0, 0.1) is 5.92 Å². The fraction of sp³-hybridized carbons (Fsp3) is 0.867. The van der Waals surface area contributed by atoms with Crippen molar-refractivity contribution in [3.8, 4) is 0 Å². The minimum absolute atomic E-state index is 0. The lowest BCUT2D eigenvalue weighted by Gasteiger charge is -2.13. The van der Waals surface area contributed by atoms with Crippen LogP contribution in [0.4, 0.5) is 0 Å². The third kappa shape index (κ3) is 7.87. The molecule has 2 saturated carbocycles. The first-order valence-electron chi connectivity index (χ1n) is 8.09. The molecule has 3 N–H and O–H groups in total. The van der Waals surface area contributed by atoms with E-state index in [2.05, 4.69) is 27.9 Å². The summed E-state index contributed by atoms with van der Waals surface area (Å²) in [5.74, 6) is 1.78. The van der Waals surface area contributed by atoms with Crippen molar-refractivity contribution in [1.29, 1.82) is 0 Å². The number of hydrogen-bond donors (Lipinski definition) is 3. The van der Waals surface area contributed by atoms with Crippen molar-refractivity contribution in [2.24, 2.45) is 10.9 Å². The fourth-order valence-electron chi connectivity index (χ4n) is 2.53. The summed E-state index contributed by atoms with van der Waals surface area (Å²) in [6.45, 7) is 4.46. The molecule has 0 bridgehead atoms. The number of carbonyl (C=O) groups excluding carboxylic acids is 1. The smallest absolute Gasteiger partial charge is 0.221 e. The van der Waals surface area contributed by atoms with E-state index in [1.165, 1.54) is 25.7 Å². The lowest BCUT2D eigenvalue weighted by Crippen LogP contribution is -2.40. The van der Waals surface area contributed by atoms with Gasteiger partial charge in [0.05, 0.1) is 0 Å². The Bertz CT molecular complexity index is 339. The molecule has 2 fully saturated rings. The molecule has 0 aromatic heterocycles. The van der Waals surface area contributed by atoms with Gasteiger partial charge in [0.15, 0.2) is 5.96 Å². The Kier molecular flexibility index (Phi) is 9.03. The first kappa shape index (κ1) is 18.5. The summed E-state index contributed by atoms with van der Waals surface area (Å²) in [5, 5.41) is 9.56.